The number of carbonyl (C=O) groups is 2. The van der Waals surface area contributed by atoms with E-state index in [9.17, 15) is 27.9 Å². The molecule has 0 spiro atoms. The highest BCUT2D eigenvalue weighted by atomic mass is 19.4. The van der Waals surface area contributed by atoms with Crippen LogP contribution in [0.4, 0.5) is 13.2 Å². The minimum absolute atomic E-state index is 0.000345. The SMILES string of the molecule is Cc1ccc(-c2nc(C(O)(CNC(=O)c3cc(OC4CC4)c4ncccc4c3)C(F)(F)F)cc3c2OC[C@]3(C)C(N)=O)cc1. The molecule has 1 aliphatic carbocycles. The maximum atomic E-state index is 14.8. The number of rotatable bonds is 8. The summed E-state index contributed by atoms with van der Waals surface area (Å²) in [5.41, 5.74) is 1.61. The lowest BCUT2D eigenvalue weighted by molar-refractivity contribution is -0.265. The molecule has 2 amide bonds. The van der Waals surface area contributed by atoms with Crippen LogP contribution in [0, 0.1) is 6.92 Å². The van der Waals surface area contributed by atoms with Gasteiger partial charge in [0.25, 0.3) is 5.91 Å². The van der Waals surface area contributed by atoms with Crippen molar-refractivity contribution in [1.29, 1.82) is 0 Å². The van der Waals surface area contributed by atoms with Crippen LogP contribution in [0.1, 0.15) is 46.9 Å². The Morgan fingerprint density at radius 3 is 2.55 bits per heavy atom. The Hall–Kier alpha value is -4.71. The summed E-state index contributed by atoms with van der Waals surface area (Å²) in [5, 5.41) is 14.1. The maximum absolute atomic E-state index is 14.8. The van der Waals surface area contributed by atoms with Crippen molar-refractivity contribution in [2.45, 2.75) is 50.0 Å². The number of amides is 2. The van der Waals surface area contributed by atoms with E-state index in [0.717, 1.165) is 24.5 Å². The number of fused-ring (bicyclic) bond motifs is 2. The Morgan fingerprint density at radius 1 is 1.16 bits per heavy atom. The molecule has 12 heteroatoms. The molecule has 4 N–H and O–H groups in total. The highest BCUT2D eigenvalue weighted by Crippen LogP contribution is 2.47. The van der Waals surface area contributed by atoms with Crippen LogP contribution in [-0.4, -0.2) is 52.3 Å². The van der Waals surface area contributed by atoms with Crippen LogP contribution in [0.25, 0.3) is 22.2 Å². The van der Waals surface area contributed by atoms with Crippen LogP contribution in [0.5, 0.6) is 11.5 Å². The van der Waals surface area contributed by atoms with Crippen LogP contribution >= 0.6 is 0 Å². The molecule has 0 bridgehead atoms. The number of hydrogen-bond donors (Lipinski definition) is 3. The predicted molar refractivity (Wildman–Crippen MR) is 154 cm³/mol. The molecular weight excluding hydrogens is 577 g/mol. The molecule has 44 heavy (non-hydrogen) atoms. The van der Waals surface area contributed by atoms with Crippen LogP contribution in [0.3, 0.4) is 0 Å². The molecule has 0 saturated heterocycles. The molecule has 1 unspecified atom stereocenters. The number of hydrogen-bond acceptors (Lipinski definition) is 7. The van der Waals surface area contributed by atoms with Crippen LogP contribution < -0.4 is 20.5 Å². The number of nitrogens with two attached hydrogens (primary N) is 1. The van der Waals surface area contributed by atoms with Crippen LogP contribution in [-0.2, 0) is 15.8 Å². The summed E-state index contributed by atoms with van der Waals surface area (Å²) < 4.78 is 56.0. The molecule has 4 aromatic rings. The lowest BCUT2D eigenvalue weighted by Gasteiger charge is -2.31. The van der Waals surface area contributed by atoms with E-state index < -0.39 is 41.2 Å². The van der Waals surface area contributed by atoms with Gasteiger partial charge in [-0.1, -0.05) is 35.9 Å². The van der Waals surface area contributed by atoms with Gasteiger partial charge in [-0.05, 0) is 51.0 Å². The number of ether oxygens (including phenoxy) is 2. The van der Waals surface area contributed by atoms with Gasteiger partial charge in [0, 0.05) is 28.3 Å². The highest BCUT2D eigenvalue weighted by molar-refractivity contribution is 6.00. The molecule has 2 atom stereocenters. The van der Waals surface area contributed by atoms with E-state index in [-0.39, 0.29) is 35.3 Å². The number of aromatic nitrogens is 2. The van der Waals surface area contributed by atoms with Gasteiger partial charge in [0.2, 0.25) is 11.5 Å². The topological polar surface area (TPSA) is 137 Å². The molecule has 9 nitrogen and oxygen atoms in total. The number of carbonyl (C=O) groups excluding carboxylic acids is 2. The molecule has 228 valence electrons. The summed E-state index contributed by atoms with van der Waals surface area (Å²) in [6.45, 7) is 1.81. The predicted octanol–water partition coefficient (Wildman–Crippen LogP) is 4.46. The van der Waals surface area contributed by atoms with Gasteiger partial charge in [-0.2, -0.15) is 13.2 Å². The molecule has 1 fully saturated rings. The lowest BCUT2D eigenvalue weighted by Crippen LogP contribution is -2.51. The summed E-state index contributed by atoms with van der Waals surface area (Å²) in [6, 6.07) is 14.1. The number of benzene rings is 2. The largest absolute Gasteiger partial charge is 0.489 e. The fraction of sp³-hybridized carbons (Fsp3) is 0.312. The summed E-state index contributed by atoms with van der Waals surface area (Å²) >= 11 is 0. The molecular formula is C32H29F3N4O5. The van der Waals surface area contributed by atoms with E-state index in [1.807, 2.05) is 6.92 Å². The van der Waals surface area contributed by atoms with E-state index >= 15 is 0 Å². The first kappa shape index (κ1) is 29.4. The Morgan fingerprint density at radius 2 is 1.89 bits per heavy atom. The first-order valence-electron chi connectivity index (χ1n) is 14.0. The number of nitrogens with zero attached hydrogens (tertiary/aromatic N) is 2. The summed E-state index contributed by atoms with van der Waals surface area (Å²) in [5.74, 6) is -1.25. The standard InChI is InChI=1S/C32H29F3N4O5/c1-17-5-7-18(8-6-17)26-27-22(30(2,16-43-27)29(36)41)14-24(39-26)31(42,32(33,34)35)15-38-28(40)20-12-19-4-3-11-37-25(19)23(13-20)44-21-9-10-21/h3-8,11-14,21,42H,9-10,15-16H2,1-2H3,(H2,36,41)(H,38,40)/t30-,31?/m0/s1. The Bertz CT molecular complexity index is 1790. The van der Waals surface area contributed by atoms with Gasteiger partial charge in [0.1, 0.15) is 34.7 Å². The Balaban J connectivity index is 1.40. The van der Waals surface area contributed by atoms with Crippen molar-refractivity contribution in [1.82, 2.24) is 15.3 Å². The molecule has 0 radical (unpaired) electrons. The monoisotopic (exact) mass is 606 g/mol. The minimum atomic E-state index is -5.29. The summed E-state index contributed by atoms with van der Waals surface area (Å²) in [4.78, 5) is 34.3. The van der Waals surface area contributed by atoms with Crippen molar-refractivity contribution in [3.8, 4) is 22.8 Å². The van der Waals surface area contributed by atoms with Crippen LogP contribution in [0.15, 0.2) is 60.8 Å². The molecule has 2 aromatic heterocycles. The second-order valence-corrected chi connectivity index (χ2v) is 11.5. The first-order chi connectivity index (χ1) is 20.8. The van der Waals surface area contributed by atoms with E-state index in [1.54, 1.807) is 42.6 Å². The summed E-state index contributed by atoms with van der Waals surface area (Å²) in [6.07, 6.45) is -2.03. The number of pyridine rings is 2. The van der Waals surface area contributed by atoms with Gasteiger partial charge < -0.3 is 25.6 Å². The molecule has 2 aromatic carbocycles. The van der Waals surface area contributed by atoms with Crippen molar-refractivity contribution in [3.05, 3.63) is 83.2 Å². The smallest absolute Gasteiger partial charge is 0.424 e. The van der Waals surface area contributed by atoms with Gasteiger partial charge in [0.05, 0.1) is 18.3 Å². The number of alkyl halides is 3. The Labute approximate surface area is 250 Å². The Kier molecular flexibility index (Phi) is 6.99. The summed E-state index contributed by atoms with van der Waals surface area (Å²) in [7, 11) is 0. The van der Waals surface area contributed by atoms with Gasteiger partial charge in [0.15, 0.2) is 0 Å². The van der Waals surface area contributed by atoms with E-state index in [2.05, 4.69) is 15.3 Å². The van der Waals surface area contributed by atoms with E-state index in [4.69, 9.17) is 15.2 Å². The zero-order valence-electron chi connectivity index (χ0n) is 23.9. The van der Waals surface area contributed by atoms with Crippen molar-refractivity contribution >= 4 is 22.7 Å². The molecule has 1 saturated carbocycles. The number of aliphatic hydroxyl groups is 1. The van der Waals surface area contributed by atoms with Gasteiger partial charge >= 0.3 is 6.18 Å². The minimum Gasteiger partial charge on any atom is -0.489 e. The normalized spacial score (nSPS) is 19.1. The third kappa shape index (κ3) is 5.08. The lowest BCUT2D eigenvalue weighted by atomic mass is 9.81. The number of halogens is 3. The molecule has 1 aliphatic heterocycles. The molecule has 3 heterocycles. The molecule has 2 aliphatic rings. The van der Waals surface area contributed by atoms with Crippen LogP contribution in [0.2, 0.25) is 0 Å². The maximum Gasteiger partial charge on any atom is 0.424 e. The van der Waals surface area contributed by atoms with E-state index in [1.165, 1.54) is 19.1 Å². The highest BCUT2D eigenvalue weighted by Gasteiger charge is 2.57. The molecule has 6 rings (SSSR count). The van der Waals surface area contributed by atoms with Crippen molar-refractivity contribution in [2.24, 2.45) is 5.73 Å². The average Bonchev–Trinajstić information content (AvgIpc) is 3.74. The third-order valence-corrected chi connectivity index (χ3v) is 8.09. The fourth-order valence-corrected chi connectivity index (χ4v) is 5.10. The first-order valence-corrected chi connectivity index (χ1v) is 14.0. The second-order valence-electron chi connectivity index (χ2n) is 11.5. The fourth-order valence-electron chi connectivity index (χ4n) is 5.10. The quantitative estimate of drug-likeness (QED) is 0.269. The van der Waals surface area contributed by atoms with Gasteiger partial charge in [-0.15, -0.1) is 0 Å². The third-order valence-electron chi connectivity index (χ3n) is 8.09. The number of nitrogens with one attached hydrogen (secondary N) is 1. The van der Waals surface area contributed by atoms with E-state index in [0.29, 0.717) is 22.2 Å². The van der Waals surface area contributed by atoms with Gasteiger partial charge in [-0.25, -0.2) is 4.98 Å². The average molecular weight is 607 g/mol. The number of aryl methyl sites for hydroxylation is 1. The zero-order valence-corrected chi connectivity index (χ0v) is 23.9. The zero-order chi connectivity index (χ0) is 31.4. The van der Waals surface area contributed by atoms with Crippen molar-refractivity contribution < 1.29 is 37.3 Å². The van der Waals surface area contributed by atoms with Gasteiger partial charge in [-0.3, -0.25) is 14.6 Å². The van der Waals surface area contributed by atoms with Crippen molar-refractivity contribution in [3.63, 3.8) is 0 Å². The number of primary amides is 1. The van der Waals surface area contributed by atoms with Crippen molar-refractivity contribution in [2.75, 3.05) is 13.2 Å². The second kappa shape index (κ2) is 10.5.